The van der Waals surface area contributed by atoms with E-state index in [-0.39, 0.29) is 24.0 Å². The molecule has 0 saturated heterocycles. The smallest absolute Gasteiger partial charge is 0.360 e. The van der Waals surface area contributed by atoms with Gasteiger partial charge in [0.15, 0.2) is 22.7 Å². The second-order valence-electron chi connectivity index (χ2n) is 5.31. The number of nitrogens with two attached hydrogens (primary N) is 1. The van der Waals surface area contributed by atoms with Crippen molar-refractivity contribution >= 4 is 28.5 Å². The summed E-state index contributed by atoms with van der Waals surface area (Å²) in [7, 11) is 1.28. The lowest BCUT2D eigenvalue weighted by Gasteiger charge is -2.12. The number of hydrogen-bond donors (Lipinski definition) is 1. The fourth-order valence-corrected chi connectivity index (χ4v) is 2.66. The Labute approximate surface area is 141 Å². The van der Waals surface area contributed by atoms with Gasteiger partial charge in [0, 0.05) is 0 Å². The second-order valence-corrected chi connectivity index (χ2v) is 5.31. The molecule has 126 valence electrons. The first-order valence-electron chi connectivity index (χ1n) is 7.49. The summed E-state index contributed by atoms with van der Waals surface area (Å²) in [5.41, 5.74) is 7.50. The van der Waals surface area contributed by atoms with Gasteiger partial charge in [0.1, 0.15) is 6.61 Å². The Morgan fingerprint density at radius 2 is 2.08 bits per heavy atom. The highest BCUT2D eigenvalue weighted by atomic mass is 16.5. The lowest BCUT2D eigenvalue weighted by atomic mass is 10.2. The van der Waals surface area contributed by atoms with E-state index < -0.39 is 5.97 Å². The van der Waals surface area contributed by atoms with Gasteiger partial charge in [-0.3, -0.25) is 0 Å². The molecule has 3 heterocycles. The van der Waals surface area contributed by atoms with Crippen LogP contribution in [0.1, 0.15) is 16.1 Å². The molecule has 0 aliphatic heterocycles. The molecule has 0 unspecified atom stereocenters. The second kappa shape index (κ2) is 5.82. The molecule has 1 aromatic carbocycles. The van der Waals surface area contributed by atoms with Crippen LogP contribution in [-0.2, 0) is 11.3 Å². The van der Waals surface area contributed by atoms with Crippen LogP contribution in [-0.4, -0.2) is 27.7 Å². The fourth-order valence-electron chi connectivity index (χ4n) is 2.66. The van der Waals surface area contributed by atoms with Crippen LogP contribution >= 0.6 is 0 Å². The Balaban J connectivity index is 1.93. The Kier molecular flexibility index (Phi) is 3.50. The standard InChI is InChI=1S/C17H14N4O4/c1-23-16(22)12-14(25-9-10-5-3-2-4-6-10)13-11(7-8-24-13)15-19-17(18)20-21(12)15/h2-8H,9H2,1H3,(H2,18,20). The molecular formula is C17H14N4O4. The number of carbonyl (C=O) groups is 1. The first kappa shape index (κ1) is 15.0. The van der Waals surface area contributed by atoms with Crippen LogP contribution in [0.4, 0.5) is 5.95 Å². The number of nitrogen functional groups attached to an aromatic ring is 1. The predicted molar refractivity (Wildman–Crippen MR) is 89.3 cm³/mol. The molecule has 0 bridgehead atoms. The normalized spacial score (nSPS) is 11.1. The van der Waals surface area contributed by atoms with Gasteiger partial charge in [-0.1, -0.05) is 30.3 Å². The van der Waals surface area contributed by atoms with E-state index in [1.54, 1.807) is 6.07 Å². The van der Waals surface area contributed by atoms with Crippen molar-refractivity contribution in [2.24, 2.45) is 0 Å². The van der Waals surface area contributed by atoms with E-state index in [2.05, 4.69) is 10.1 Å². The van der Waals surface area contributed by atoms with Gasteiger partial charge in [-0.15, -0.1) is 5.10 Å². The van der Waals surface area contributed by atoms with Crippen molar-refractivity contribution in [3.8, 4) is 5.75 Å². The summed E-state index contributed by atoms with van der Waals surface area (Å²) in [6.45, 7) is 0.246. The minimum atomic E-state index is -0.628. The van der Waals surface area contributed by atoms with Gasteiger partial charge in [-0.2, -0.15) is 9.50 Å². The van der Waals surface area contributed by atoms with E-state index in [0.29, 0.717) is 16.6 Å². The number of esters is 1. The number of furan rings is 1. The summed E-state index contributed by atoms with van der Waals surface area (Å²) in [5.74, 6) is -0.364. The summed E-state index contributed by atoms with van der Waals surface area (Å²) >= 11 is 0. The minimum absolute atomic E-state index is 0.0351. The van der Waals surface area contributed by atoms with E-state index in [1.807, 2.05) is 30.3 Å². The molecule has 2 N–H and O–H groups in total. The third-order valence-electron chi connectivity index (χ3n) is 3.77. The number of ether oxygens (including phenoxy) is 2. The number of fused-ring (bicyclic) bond motifs is 3. The van der Waals surface area contributed by atoms with Crippen LogP contribution in [0.2, 0.25) is 0 Å². The van der Waals surface area contributed by atoms with Crippen LogP contribution in [0.25, 0.3) is 16.6 Å². The van der Waals surface area contributed by atoms with E-state index in [4.69, 9.17) is 19.6 Å². The first-order chi connectivity index (χ1) is 12.2. The zero-order valence-electron chi connectivity index (χ0n) is 13.3. The number of nitrogens with zero attached hydrogens (tertiary/aromatic N) is 3. The van der Waals surface area contributed by atoms with Gasteiger partial charge in [-0.25, -0.2) is 4.79 Å². The number of pyridine rings is 1. The third-order valence-corrected chi connectivity index (χ3v) is 3.77. The third kappa shape index (κ3) is 2.44. The molecule has 25 heavy (non-hydrogen) atoms. The summed E-state index contributed by atoms with van der Waals surface area (Å²) in [5, 5.41) is 4.73. The van der Waals surface area contributed by atoms with E-state index in [0.717, 1.165) is 5.56 Å². The molecule has 0 saturated carbocycles. The maximum absolute atomic E-state index is 12.4. The Morgan fingerprint density at radius 3 is 2.84 bits per heavy atom. The van der Waals surface area contributed by atoms with Gasteiger partial charge in [-0.05, 0) is 11.6 Å². The number of carbonyl (C=O) groups excluding carboxylic acids is 1. The van der Waals surface area contributed by atoms with Crippen LogP contribution in [0, 0.1) is 0 Å². The molecule has 0 aliphatic rings. The van der Waals surface area contributed by atoms with Crippen LogP contribution in [0.3, 0.4) is 0 Å². The zero-order chi connectivity index (χ0) is 17.4. The average Bonchev–Trinajstić information content (AvgIpc) is 3.25. The number of aromatic nitrogens is 3. The average molecular weight is 338 g/mol. The molecule has 0 aliphatic carbocycles. The molecular weight excluding hydrogens is 324 g/mol. The zero-order valence-corrected chi connectivity index (χ0v) is 13.3. The molecule has 3 aromatic heterocycles. The maximum Gasteiger partial charge on any atom is 0.360 e. The molecule has 0 atom stereocenters. The molecule has 4 aromatic rings. The molecule has 8 heteroatoms. The number of rotatable bonds is 4. The van der Waals surface area contributed by atoms with E-state index in [1.165, 1.54) is 17.9 Å². The number of methoxy groups -OCH3 is 1. The predicted octanol–water partition coefficient (Wildman–Crippen LogP) is 2.42. The highest BCUT2D eigenvalue weighted by molar-refractivity contribution is 6.03. The summed E-state index contributed by atoms with van der Waals surface area (Å²) < 4.78 is 17.6. The lowest BCUT2D eigenvalue weighted by molar-refractivity contribution is 0.0585. The van der Waals surface area contributed by atoms with Gasteiger partial charge in [0.05, 0.1) is 18.8 Å². The van der Waals surface area contributed by atoms with Gasteiger partial charge < -0.3 is 19.6 Å². The largest absolute Gasteiger partial charge is 0.483 e. The lowest BCUT2D eigenvalue weighted by Crippen LogP contribution is -2.13. The molecule has 4 rings (SSSR count). The van der Waals surface area contributed by atoms with Crippen molar-refractivity contribution < 1.29 is 18.7 Å². The first-order valence-corrected chi connectivity index (χ1v) is 7.49. The number of hydrogen-bond acceptors (Lipinski definition) is 7. The highest BCUT2D eigenvalue weighted by Crippen LogP contribution is 2.34. The van der Waals surface area contributed by atoms with Crippen molar-refractivity contribution in [2.45, 2.75) is 6.61 Å². The molecule has 0 radical (unpaired) electrons. The molecule has 0 spiro atoms. The van der Waals surface area contributed by atoms with Crippen LogP contribution in [0.5, 0.6) is 5.75 Å². The maximum atomic E-state index is 12.4. The molecule has 0 amide bonds. The Bertz CT molecular complexity index is 1070. The number of benzene rings is 1. The van der Waals surface area contributed by atoms with Crippen LogP contribution in [0.15, 0.2) is 47.1 Å². The quantitative estimate of drug-likeness (QED) is 0.570. The van der Waals surface area contributed by atoms with Gasteiger partial charge >= 0.3 is 5.97 Å². The topological polar surface area (TPSA) is 105 Å². The van der Waals surface area contributed by atoms with Crippen molar-refractivity contribution in [1.82, 2.24) is 14.6 Å². The Hall–Kier alpha value is -3.55. The summed E-state index contributed by atoms with van der Waals surface area (Å²) in [4.78, 5) is 16.5. The van der Waals surface area contributed by atoms with E-state index >= 15 is 0 Å². The van der Waals surface area contributed by atoms with Gasteiger partial charge in [0.25, 0.3) is 0 Å². The van der Waals surface area contributed by atoms with Crippen molar-refractivity contribution in [3.05, 3.63) is 53.9 Å². The summed E-state index contributed by atoms with van der Waals surface area (Å²) in [6, 6.07) is 11.3. The highest BCUT2D eigenvalue weighted by Gasteiger charge is 2.26. The fraction of sp³-hybridized carbons (Fsp3) is 0.118. The Morgan fingerprint density at radius 1 is 1.28 bits per heavy atom. The van der Waals surface area contributed by atoms with Crippen LogP contribution < -0.4 is 10.5 Å². The monoisotopic (exact) mass is 338 g/mol. The molecule has 0 fully saturated rings. The van der Waals surface area contributed by atoms with Crippen molar-refractivity contribution in [1.29, 1.82) is 0 Å². The minimum Gasteiger partial charge on any atom is -0.483 e. The van der Waals surface area contributed by atoms with Crippen molar-refractivity contribution in [3.63, 3.8) is 0 Å². The summed E-state index contributed by atoms with van der Waals surface area (Å²) in [6.07, 6.45) is 1.49. The SMILES string of the molecule is COC(=O)c1c(OCc2ccccc2)c2occc2c2nc(N)nn12. The molecule has 8 nitrogen and oxygen atoms in total. The number of anilines is 1. The van der Waals surface area contributed by atoms with Crippen molar-refractivity contribution in [2.75, 3.05) is 12.8 Å². The van der Waals surface area contributed by atoms with E-state index in [9.17, 15) is 4.79 Å². The van der Waals surface area contributed by atoms with Gasteiger partial charge in [0.2, 0.25) is 5.95 Å².